The molecule has 6 rings (SSSR count). The molecule has 0 atom stereocenters. The van der Waals surface area contributed by atoms with E-state index in [1.807, 2.05) is 6.07 Å². The lowest BCUT2D eigenvalue weighted by Crippen LogP contribution is -2.49. The van der Waals surface area contributed by atoms with Crippen molar-refractivity contribution >= 4 is 5.69 Å². The van der Waals surface area contributed by atoms with E-state index < -0.39 is 0 Å². The fourth-order valence-corrected chi connectivity index (χ4v) is 7.47. The first-order valence-electron chi connectivity index (χ1n) is 14.1. The highest BCUT2D eigenvalue weighted by molar-refractivity contribution is 5.56. The van der Waals surface area contributed by atoms with E-state index in [9.17, 15) is 0 Å². The molecule has 0 heterocycles. The van der Waals surface area contributed by atoms with Crippen molar-refractivity contribution in [1.82, 2.24) is 0 Å². The summed E-state index contributed by atoms with van der Waals surface area (Å²) in [5, 5.41) is 0. The zero-order chi connectivity index (χ0) is 24.5. The van der Waals surface area contributed by atoms with Gasteiger partial charge in [0, 0.05) is 23.5 Å². The van der Waals surface area contributed by atoms with Gasteiger partial charge in [-0.05, 0) is 116 Å². The van der Waals surface area contributed by atoms with Gasteiger partial charge in [-0.3, -0.25) is 0 Å². The van der Waals surface area contributed by atoms with Crippen molar-refractivity contribution in [1.29, 1.82) is 0 Å². The Morgan fingerprint density at radius 3 is 2.34 bits per heavy atom. The summed E-state index contributed by atoms with van der Waals surface area (Å²) in [5.41, 5.74) is 8.92. The Kier molecular flexibility index (Phi) is 6.85. The average Bonchev–Trinajstić information content (AvgIpc) is 2.93. The lowest BCUT2D eigenvalue weighted by atomic mass is 9.51. The monoisotopic (exact) mass is 465 g/mol. The summed E-state index contributed by atoms with van der Waals surface area (Å²) in [6, 6.07) is 16.0. The molecule has 0 aromatic heterocycles. The molecule has 2 bridgehead atoms. The summed E-state index contributed by atoms with van der Waals surface area (Å²) in [6.45, 7) is 10.4. The molecule has 2 aromatic rings. The van der Waals surface area contributed by atoms with E-state index in [0.29, 0.717) is 16.7 Å². The third kappa shape index (κ3) is 4.70. The van der Waals surface area contributed by atoms with Gasteiger partial charge in [0.1, 0.15) is 0 Å². The summed E-state index contributed by atoms with van der Waals surface area (Å²) in [7, 11) is 0. The van der Waals surface area contributed by atoms with Crippen molar-refractivity contribution in [3.8, 4) is 12.3 Å². The lowest BCUT2D eigenvalue weighted by molar-refractivity contribution is 0.0460. The van der Waals surface area contributed by atoms with Crippen molar-refractivity contribution in [2.24, 2.45) is 11.3 Å². The van der Waals surface area contributed by atoms with Crippen LogP contribution in [0.1, 0.15) is 99.8 Å². The molecule has 1 heteroatoms. The minimum absolute atomic E-state index is 0.393. The second kappa shape index (κ2) is 9.89. The minimum Gasteiger partial charge on any atom is -0.345 e. The molecule has 4 saturated carbocycles. The molecule has 0 amide bonds. The van der Waals surface area contributed by atoms with Gasteiger partial charge in [-0.2, -0.15) is 0 Å². The van der Waals surface area contributed by atoms with Gasteiger partial charge in [-0.1, -0.05) is 63.0 Å². The lowest BCUT2D eigenvalue weighted by Gasteiger charge is -2.55. The number of rotatable bonds is 7. The van der Waals surface area contributed by atoms with Gasteiger partial charge in [0.15, 0.2) is 0 Å². The standard InChI is InChI=1S/C34H43N/c1-5-28-11-10-14-32(24-28)35(27(4)30-12-8-7-9-13-30)25-33-17-20-34(21-18-33,22-19-33)31-16-15-29(6-2)26(3)23-31/h1,10-11,14-16,23-24,30H,4,6-9,12-13,17-22,25H2,2-3H3. The van der Waals surface area contributed by atoms with E-state index in [1.165, 1.54) is 93.1 Å². The number of terminal acetylenes is 1. The maximum Gasteiger partial charge on any atom is 0.0420 e. The fraction of sp³-hybridized carbons (Fsp3) is 0.529. The van der Waals surface area contributed by atoms with E-state index in [1.54, 1.807) is 5.56 Å². The Bertz CT molecular complexity index is 1090. The second-order valence-corrected chi connectivity index (χ2v) is 11.9. The van der Waals surface area contributed by atoms with Crippen LogP contribution in [0.25, 0.3) is 0 Å². The van der Waals surface area contributed by atoms with Gasteiger partial charge in [-0.15, -0.1) is 6.42 Å². The zero-order valence-corrected chi connectivity index (χ0v) is 22.0. The van der Waals surface area contributed by atoms with Crippen molar-refractivity contribution < 1.29 is 0 Å². The van der Waals surface area contributed by atoms with E-state index in [2.05, 4.69) is 61.1 Å². The first-order valence-corrected chi connectivity index (χ1v) is 14.1. The first kappa shape index (κ1) is 24.2. The van der Waals surface area contributed by atoms with Crippen LogP contribution in [0.4, 0.5) is 5.69 Å². The molecule has 0 radical (unpaired) electrons. The number of fused-ring (bicyclic) bond motifs is 3. The van der Waals surface area contributed by atoms with Crippen LogP contribution < -0.4 is 4.90 Å². The predicted molar refractivity (Wildman–Crippen MR) is 150 cm³/mol. The van der Waals surface area contributed by atoms with E-state index in [4.69, 9.17) is 13.0 Å². The molecule has 4 aliphatic rings. The summed E-state index contributed by atoms with van der Waals surface area (Å²) >= 11 is 0. The number of nitrogens with zero attached hydrogens (tertiary/aromatic N) is 1. The highest BCUT2D eigenvalue weighted by Crippen LogP contribution is 2.58. The molecule has 1 nitrogen and oxygen atoms in total. The largest absolute Gasteiger partial charge is 0.345 e. The molecule has 0 saturated heterocycles. The van der Waals surface area contributed by atoms with E-state index in [-0.39, 0.29) is 0 Å². The maximum atomic E-state index is 5.79. The van der Waals surface area contributed by atoms with Gasteiger partial charge in [0.25, 0.3) is 0 Å². The van der Waals surface area contributed by atoms with Crippen LogP contribution in [0.5, 0.6) is 0 Å². The van der Waals surface area contributed by atoms with Crippen molar-refractivity contribution in [3.05, 3.63) is 77.0 Å². The smallest absolute Gasteiger partial charge is 0.0420 e. The number of hydrogen-bond acceptors (Lipinski definition) is 1. The summed E-state index contributed by atoms with van der Waals surface area (Å²) in [5.74, 6) is 3.47. The highest BCUT2D eigenvalue weighted by Gasteiger charge is 2.50. The summed E-state index contributed by atoms with van der Waals surface area (Å²) in [4.78, 5) is 2.59. The molecule has 2 aromatic carbocycles. The van der Waals surface area contributed by atoms with Crippen LogP contribution in [-0.4, -0.2) is 6.54 Å². The number of hydrogen-bond donors (Lipinski definition) is 0. The Labute approximate surface area is 214 Å². The van der Waals surface area contributed by atoms with E-state index in [0.717, 1.165) is 18.5 Å². The van der Waals surface area contributed by atoms with Crippen LogP contribution in [0.2, 0.25) is 0 Å². The van der Waals surface area contributed by atoms with Crippen molar-refractivity contribution in [3.63, 3.8) is 0 Å². The Hall–Kier alpha value is -2.46. The topological polar surface area (TPSA) is 3.24 Å². The van der Waals surface area contributed by atoms with Crippen LogP contribution >= 0.6 is 0 Å². The van der Waals surface area contributed by atoms with Crippen molar-refractivity contribution in [2.45, 2.75) is 96.3 Å². The fourth-order valence-electron chi connectivity index (χ4n) is 7.47. The summed E-state index contributed by atoms with van der Waals surface area (Å²) in [6.07, 6.45) is 21.5. The summed E-state index contributed by atoms with van der Waals surface area (Å²) < 4.78 is 0. The number of anilines is 1. The van der Waals surface area contributed by atoms with Crippen LogP contribution in [0, 0.1) is 30.6 Å². The van der Waals surface area contributed by atoms with Crippen LogP contribution in [-0.2, 0) is 11.8 Å². The molecule has 4 fully saturated rings. The minimum atomic E-state index is 0.393. The molecule has 4 aliphatic carbocycles. The number of benzene rings is 2. The predicted octanol–water partition coefficient (Wildman–Crippen LogP) is 8.73. The average molecular weight is 466 g/mol. The third-order valence-electron chi connectivity index (χ3n) is 9.98. The molecule has 0 unspecified atom stereocenters. The number of aryl methyl sites for hydroxylation is 2. The SMILES string of the molecule is C#Cc1cccc(N(CC23CCC(c4ccc(CC)c(C)c4)(CC2)CC3)C(=C)C2CCCCC2)c1. The zero-order valence-electron chi connectivity index (χ0n) is 22.0. The third-order valence-corrected chi connectivity index (χ3v) is 9.98. The van der Waals surface area contributed by atoms with Gasteiger partial charge in [0.05, 0.1) is 0 Å². The highest BCUT2D eigenvalue weighted by atomic mass is 15.2. The first-order chi connectivity index (χ1) is 17.0. The Morgan fingerprint density at radius 1 is 1.00 bits per heavy atom. The Morgan fingerprint density at radius 2 is 1.71 bits per heavy atom. The Balaban J connectivity index is 1.38. The van der Waals surface area contributed by atoms with E-state index >= 15 is 0 Å². The van der Waals surface area contributed by atoms with Crippen LogP contribution in [0.15, 0.2) is 54.7 Å². The molecule has 0 spiro atoms. The second-order valence-electron chi connectivity index (χ2n) is 11.9. The van der Waals surface area contributed by atoms with Crippen molar-refractivity contribution in [2.75, 3.05) is 11.4 Å². The van der Waals surface area contributed by atoms with Gasteiger partial charge in [-0.25, -0.2) is 0 Å². The van der Waals surface area contributed by atoms with Crippen LogP contribution in [0.3, 0.4) is 0 Å². The van der Waals surface area contributed by atoms with Gasteiger partial charge in [0.2, 0.25) is 0 Å². The molecule has 0 N–H and O–H groups in total. The molecular formula is C34H43N. The van der Waals surface area contributed by atoms with Gasteiger partial charge < -0.3 is 4.90 Å². The maximum absolute atomic E-state index is 5.79. The normalized spacial score (nSPS) is 26.3. The molecule has 0 aliphatic heterocycles. The molecule has 35 heavy (non-hydrogen) atoms. The number of allylic oxidation sites excluding steroid dienone is 1. The molecular weight excluding hydrogens is 422 g/mol. The quantitative estimate of drug-likeness (QED) is 0.369. The molecule has 184 valence electrons. The van der Waals surface area contributed by atoms with Gasteiger partial charge >= 0.3 is 0 Å².